The molecule has 2 heterocycles. The lowest BCUT2D eigenvalue weighted by atomic mass is 10.1. The summed E-state index contributed by atoms with van der Waals surface area (Å²) in [5, 5.41) is 3.95. The van der Waals surface area contributed by atoms with E-state index in [9.17, 15) is 12.8 Å². The Hall–Kier alpha value is -2.09. The van der Waals surface area contributed by atoms with E-state index in [-0.39, 0.29) is 11.4 Å². The van der Waals surface area contributed by atoms with Crippen LogP contribution in [-0.4, -0.2) is 13.4 Å². The van der Waals surface area contributed by atoms with Crippen molar-refractivity contribution in [3.8, 4) is 11.3 Å². The summed E-state index contributed by atoms with van der Waals surface area (Å²) >= 11 is 1.58. The highest BCUT2D eigenvalue weighted by atomic mass is 32.2. The number of thiophene rings is 1. The van der Waals surface area contributed by atoms with Crippen LogP contribution in [0, 0.1) is 12.7 Å². The minimum atomic E-state index is -3.71. The molecule has 0 radical (unpaired) electrons. The number of hydrogen-bond acceptors (Lipinski definition) is 4. The Morgan fingerprint density at radius 3 is 2.75 bits per heavy atom. The average Bonchev–Trinajstić information content (AvgIpc) is 3.07. The number of aromatic nitrogens is 1. The number of nitrogens with one attached hydrogen (secondary N) is 1. The Morgan fingerprint density at radius 1 is 1.21 bits per heavy atom. The lowest BCUT2D eigenvalue weighted by molar-refractivity contribution is 0.579. The minimum Gasteiger partial charge on any atom is -0.256 e. The molecule has 0 fully saturated rings. The zero-order valence-corrected chi connectivity index (χ0v) is 14.5. The average molecular weight is 362 g/mol. The highest BCUT2D eigenvalue weighted by molar-refractivity contribution is 7.89. The van der Waals surface area contributed by atoms with Gasteiger partial charge in [0.1, 0.15) is 5.82 Å². The molecular formula is C17H15FN2O2S2. The fourth-order valence-electron chi connectivity index (χ4n) is 2.32. The van der Waals surface area contributed by atoms with Crippen LogP contribution in [-0.2, 0) is 16.6 Å². The van der Waals surface area contributed by atoms with Crippen molar-refractivity contribution in [3.63, 3.8) is 0 Å². The monoisotopic (exact) mass is 362 g/mol. The van der Waals surface area contributed by atoms with E-state index < -0.39 is 15.8 Å². The topological polar surface area (TPSA) is 59.1 Å². The van der Waals surface area contributed by atoms with E-state index in [0.29, 0.717) is 5.56 Å². The van der Waals surface area contributed by atoms with Crippen LogP contribution >= 0.6 is 11.3 Å². The number of benzene rings is 1. The largest absolute Gasteiger partial charge is 0.256 e. The lowest BCUT2D eigenvalue weighted by Gasteiger charge is -2.10. The number of pyridine rings is 1. The van der Waals surface area contributed by atoms with Crippen LogP contribution in [0.1, 0.15) is 11.1 Å². The van der Waals surface area contributed by atoms with Crippen LogP contribution in [0.4, 0.5) is 4.39 Å². The normalized spacial score (nSPS) is 11.6. The Labute approximate surface area is 144 Å². The zero-order chi connectivity index (χ0) is 17.2. The van der Waals surface area contributed by atoms with E-state index in [1.54, 1.807) is 30.5 Å². The van der Waals surface area contributed by atoms with Crippen molar-refractivity contribution in [1.29, 1.82) is 0 Å². The van der Waals surface area contributed by atoms with Crippen LogP contribution in [0.25, 0.3) is 11.3 Å². The maximum absolute atomic E-state index is 13.1. The summed E-state index contributed by atoms with van der Waals surface area (Å²) < 4.78 is 40.5. The third-order valence-corrected chi connectivity index (χ3v) is 5.78. The maximum atomic E-state index is 13.1. The van der Waals surface area contributed by atoms with Gasteiger partial charge in [0, 0.05) is 23.7 Å². The van der Waals surface area contributed by atoms with E-state index in [2.05, 4.69) is 9.71 Å². The number of nitrogens with zero attached hydrogens (tertiary/aromatic N) is 1. The Balaban J connectivity index is 1.79. The molecule has 3 aromatic rings. The first-order valence-electron chi connectivity index (χ1n) is 7.19. The van der Waals surface area contributed by atoms with Crippen LogP contribution in [0.3, 0.4) is 0 Å². The molecule has 24 heavy (non-hydrogen) atoms. The number of hydrogen-bond donors (Lipinski definition) is 1. The summed E-state index contributed by atoms with van der Waals surface area (Å²) in [6.45, 7) is 1.71. The molecule has 2 aromatic heterocycles. The van der Waals surface area contributed by atoms with Crippen LogP contribution in [0.15, 0.2) is 58.3 Å². The molecule has 7 heteroatoms. The van der Waals surface area contributed by atoms with Crippen LogP contribution < -0.4 is 4.72 Å². The maximum Gasteiger partial charge on any atom is 0.241 e. The molecule has 0 aliphatic carbocycles. The molecule has 4 nitrogen and oxygen atoms in total. The van der Waals surface area contributed by atoms with Gasteiger partial charge in [0.15, 0.2) is 0 Å². The van der Waals surface area contributed by atoms with E-state index >= 15 is 0 Å². The van der Waals surface area contributed by atoms with Crippen molar-refractivity contribution in [2.24, 2.45) is 0 Å². The van der Waals surface area contributed by atoms with Gasteiger partial charge in [0.05, 0.1) is 10.6 Å². The Morgan fingerprint density at radius 2 is 2.04 bits per heavy atom. The second-order valence-corrected chi connectivity index (χ2v) is 7.81. The molecular weight excluding hydrogens is 347 g/mol. The van der Waals surface area contributed by atoms with Crippen molar-refractivity contribution in [2.75, 3.05) is 0 Å². The van der Waals surface area contributed by atoms with Crippen LogP contribution in [0.5, 0.6) is 0 Å². The zero-order valence-electron chi connectivity index (χ0n) is 12.9. The Kier molecular flexibility index (Phi) is 4.75. The molecule has 0 saturated carbocycles. The van der Waals surface area contributed by atoms with Gasteiger partial charge in [-0.2, -0.15) is 11.3 Å². The predicted molar refractivity (Wildman–Crippen MR) is 92.7 cm³/mol. The van der Waals surface area contributed by atoms with Gasteiger partial charge in [-0.25, -0.2) is 17.5 Å². The van der Waals surface area contributed by atoms with Gasteiger partial charge in [0.2, 0.25) is 10.0 Å². The molecule has 0 amide bonds. The number of rotatable bonds is 5. The molecule has 124 valence electrons. The summed E-state index contributed by atoms with van der Waals surface area (Å²) in [5.74, 6) is -0.457. The van der Waals surface area contributed by atoms with E-state index in [1.807, 2.05) is 22.9 Å². The number of sulfonamides is 1. The van der Waals surface area contributed by atoms with Gasteiger partial charge >= 0.3 is 0 Å². The third-order valence-electron chi connectivity index (χ3n) is 3.53. The second-order valence-electron chi connectivity index (χ2n) is 5.30. The second kappa shape index (κ2) is 6.80. The number of halogens is 1. The first-order chi connectivity index (χ1) is 11.5. The van der Waals surface area contributed by atoms with E-state index in [0.717, 1.165) is 22.9 Å². The summed E-state index contributed by atoms with van der Waals surface area (Å²) in [6.07, 6.45) is 1.65. The van der Waals surface area contributed by atoms with Gasteiger partial charge in [-0.15, -0.1) is 0 Å². The summed E-state index contributed by atoms with van der Waals surface area (Å²) in [4.78, 5) is 4.38. The quantitative estimate of drug-likeness (QED) is 0.752. The van der Waals surface area contributed by atoms with Gasteiger partial charge < -0.3 is 0 Å². The van der Waals surface area contributed by atoms with Crippen molar-refractivity contribution in [1.82, 2.24) is 9.71 Å². The van der Waals surface area contributed by atoms with Crippen LogP contribution in [0.2, 0.25) is 0 Å². The molecule has 0 bridgehead atoms. The molecule has 1 N–H and O–H groups in total. The SMILES string of the molecule is Cc1cc(F)ccc1S(=O)(=O)NCc1ccnc(-c2ccsc2)c1. The van der Waals surface area contributed by atoms with E-state index in [1.165, 1.54) is 12.1 Å². The molecule has 1 aromatic carbocycles. The van der Waals surface area contributed by atoms with Crippen molar-refractivity contribution in [3.05, 3.63) is 70.3 Å². The molecule has 0 aliphatic heterocycles. The van der Waals surface area contributed by atoms with Crippen molar-refractivity contribution >= 4 is 21.4 Å². The first-order valence-corrected chi connectivity index (χ1v) is 9.61. The summed E-state index contributed by atoms with van der Waals surface area (Å²) in [6, 6.07) is 9.19. The molecule has 0 atom stereocenters. The molecule has 0 spiro atoms. The fraction of sp³-hybridized carbons (Fsp3) is 0.118. The fourth-order valence-corrected chi connectivity index (χ4v) is 4.21. The Bertz CT molecular complexity index is 954. The van der Waals surface area contributed by atoms with Gasteiger partial charge in [-0.3, -0.25) is 4.98 Å². The smallest absolute Gasteiger partial charge is 0.241 e. The lowest BCUT2D eigenvalue weighted by Crippen LogP contribution is -2.24. The van der Waals surface area contributed by atoms with Gasteiger partial charge in [-0.05, 0) is 59.8 Å². The number of aryl methyl sites for hydroxylation is 1. The summed E-state index contributed by atoms with van der Waals surface area (Å²) in [5.41, 5.74) is 2.97. The standard InChI is InChI=1S/C17H15FN2O2S2/c1-12-8-15(18)2-3-17(12)24(21,22)20-10-13-4-6-19-16(9-13)14-5-7-23-11-14/h2-9,11,20H,10H2,1H3. The first kappa shape index (κ1) is 16.8. The molecule has 3 rings (SSSR count). The molecule has 0 aliphatic rings. The van der Waals surface area contributed by atoms with Crippen molar-refractivity contribution < 1.29 is 12.8 Å². The van der Waals surface area contributed by atoms with Gasteiger partial charge in [-0.1, -0.05) is 0 Å². The predicted octanol–water partition coefficient (Wildman–Crippen LogP) is 3.74. The van der Waals surface area contributed by atoms with Crippen molar-refractivity contribution in [2.45, 2.75) is 18.4 Å². The molecule has 0 unspecified atom stereocenters. The highest BCUT2D eigenvalue weighted by Gasteiger charge is 2.17. The molecule has 0 saturated heterocycles. The minimum absolute atomic E-state index is 0.0796. The highest BCUT2D eigenvalue weighted by Crippen LogP contribution is 2.21. The van der Waals surface area contributed by atoms with Gasteiger partial charge in [0.25, 0.3) is 0 Å². The third kappa shape index (κ3) is 3.69. The van der Waals surface area contributed by atoms with E-state index in [4.69, 9.17) is 0 Å². The summed E-state index contributed by atoms with van der Waals surface area (Å²) in [7, 11) is -3.71.